The minimum absolute atomic E-state index is 1.19. The molecule has 0 saturated carbocycles. The molecule has 2 nitrogen and oxygen atoms in total. The van der Waals surface area contributed by atoms with Crippen LogP contribution in [0.1, 0.15) is 43.1 Å². The minimum atomic E-state index is 1.19. The van der Waals surface area contributed by atoms with Crippen molar-refractivity contribution in [2.45, 2.75) is 46.5 Å². The van der Waals surface area contributed by atoms with Crippen molar-refractivity contribution in [2.75, 3.05) is 0 Å². The molecule has 13 heavy (non-hydrogen) atoms. The Morgan fingerprint density at radius 3 is 2.38 bits per heavy atom. The van der Waals surface area contributed by atoms with Crippen molar-refractivity contribution in [3.63, 3.8) is 0 Å². The maximum Gasteiger partial charge on any atom is 0.0628 e. The van der Waals surface area contributed by atoms with Gasteiger partial charge in [0.05, 0.1) is 5.69 Å². The molecule has 0 aliphatic carbocycles. The van der Waals surface area contributed by atoms with Gasteiger partial charge in [0.2, 0.25) is 0 Å². The molecular weight excluding hydrogens is 160 g/mol. The quantitative estimate of drug-likeness (QED) is 0.651. The van der Waals surface area contributed by atoms with Crippen LogP contribution in [0, 0.1) is 13.8 Å². The van der Waals surface area contributed by atoms with Gasteiger partial charge in [0.25, 0.3) is 0 Å². The first-order valence-corrected chi connectivity index (χ1v) is 5.16. The van der Waals surface area contributed by atoms with E-state index >= 15 is 0 Å². The van der Waals surface area contributed by atoms with Crippen molar-refractivity contribution in [2.24, 2.45) is 7.05 Å². The molecule has 1 aromatic rings. The molecule has 0 N–H and O–H groups in total. The van der Waals surface area contributed by atoms with E-state index < -0.39 is 0 Å². The van der Waals surface area contributed by atoms with Crippen LogP contribution in [0.2, 0.25) is 0 Å². The summed E-state index contributed by atoms with van der Waals surface area (Å²) < 4.78 is 1.98. The van der Waals surface area contributed by atoms with E-state index in [1.807, 2.05) is 11.7 Å². The van der Waals surface area contributed by atoms with Gasteiger partial charge >= 0.3 is 0 Å². The fourth-order valence-electron chi connectivity index (χ4n) is 1.73. The van der Waals surface area contributed by atoms with Crippen LogP contribution in [0.5, 0.6) is 0 Å². The number of rotatable bonds is 4. The summed E-state index contributed by atoms with van der Waals surface area (Å²) in [7, 11) is 2.02. The van der Waals surface area contributed by atoms with Crippen molar-refractivity contribution >= 4 is 0 Å². The number of unbranched alkanes of at least 4 members (excludes halogenated alkanes) is 2. The molecule has 0 atom stereocenters. The zero-order valence-electron chi connectivity index (χ0n) is 9.22. The van der Waals surface area contributed by atoms with Crippen molar-refractivity contribution in [3.8, 4) is 0 Å². The zero-order valence-corrected chi connectivity index (χ0v) is 9.22. The second-order valence-electron chi connectivity index (χ2n) is 3.73. The van der Waals surface area contributed by atoms with E-state index in [0.29, 0.717) is 0 Å². The highest BCUT2D eigenvalue weighted by Crippen LogP contribution is 2.15. The molecule has 0 aliphatic heterocycles. The summed E-state index contributed by atoms with van der Waals surface area (Å²) in [6.45, 7) is 6.50. The van der Waals surface area contributed by atoms with Gasteiger partial charge in [-0.2, -0.15) is 5.10 Å². The molecule has 0 radical (unpaired) electrons. The monoisotopic (exact) mass is 180 g/mol. The fraction of sp³-hybridized carbons (Fsp3) is 0.727. The van der Waals surface area contributed by atoms with Gasteiger partial charge in [-0.05, 0) is 32.3 Å². The van der Waals surface area contributed by atoms with E-state index in [0.717, 1.165) is 0 Å². The maximum atomic E-state index is 4.41. The third-order valence-corrected chi connectivity index (χ3v) is 2.69. The highest BCUT2D eigenvalue weighted by atomic mass is 15.3. The second-order valence-corrected chi connectivity index (χ2v) is 3.73. The second kappa shape index (κ2) is 4.45. The smallest absolute Gasteiger partial charge is 0.0628 e. The Kier molecular flexibility index (Phi) is 3.52. The largest absolute Gasteiger partial charge is 0.272 e. The Hall–Kier alpha value is -0.790. The number of aromatic nitrogens is 2. The van der Waals surface area contributed by atoms with Crippen LogP contribution in [0.25, 0.3) is 0 Å². The molecule has 0 aliphatic rings. The van der Waals surface area contributed by atoms with E-state index in [-0.39, 0.29) is 0 Å². The number of hydrogen-bond donors (Lipinski definition) is 0. The Balaban J connectivity index is 2.64. The molecule has 0 fully saturated rings. The summed E-state index contributed by atoms with van der Waals surface area (Å²) in [6, 6.07) is 0. The number of hydrogen-bond acceptors (Lipinski definition) is 1. The van der Waals surface area contributed by atoms with Gasteiger partial charge in [-0.25, -0.2) is 0 Å². The van der Waals surface area contributed by atoms with Gasteiger partial charge in [0, 0.05) is 12.7 Å². The molecule has 0 bridgehead atoms. The van der Waals surface area contributed by atoms with E-state index in [1.165, 1.54) is 42.6 Å². The average Bonchev–Trinajstić information content (AvgIpc) is 2.32. The molecule has 74 valence electrons. The predicted molar refractivity (Wildman–Crippen MR) is 55.9 cm³/mol. The molecule has 0 unspecified atom stereocenters. The van der Waals surface area contributed by atoms with Gasteiger partial charge in [-0.1, -0.05) is 19.8 Å². The topological polar surface area (TPSA) is 17.8 Å². The third-order valence-electron chi connectivity index (χ3n) is 2.69. The van der Waals surface area contributed by atoms with E-state index in [4.69, 9.17) is 0 Å². The summed E-state index contributed by atoms with van der Waals surface area (Å²) in [5, 5.41) is 4.41. The Labute approximate surface area is 81.0 Å². The van der Waals surface area contributed by atoms with Gasteiger partial charge in [-0.15, -0.1) is 0 Å². The fourth-order valence-corrected chi connectivity index (χ4v) is 1.73. The lowest BCUT2D eigenvalue weighted by Crippen LogP contribution is -1.94. The normalized spacial score (nSPS) is 10.8. The van der Waals surface area contributed by atoms with Gasteiger partial charge < -0.3 is 0 Å². The molecule has 0 saturated heterocycles. The average molecular weight is 180 g/mol. The molecular formula is C11H20N2. The molecule has 1 rings (SSSR count). The summed E-state index contributed by atoms with van der Waals surface area (Å²) >= 11 is 0. The molecule has 0 aromatic carbocycles. The molecule has 1 aromatic heterocycles. The zero-order chi connectivity index (χ0) is 9.84. The highest BCUT2D eigenvalue weighted by molar-refractivity contribution is 5.24. The SMILES string of the molecule is CCCCCc1c(C)nn(C)c1C. The molecule has 0 amide bonds. The first kappa shape index (κ1) is 10.3. The Morgan fingerprint density at radius 2 is 1.92 bits per heavy atom. The van der Waals surface area contributed by atoms with E-state index in [2.05, 4.69) is 25.9 Å². The van der Waals surface area contributed by atoms with Crippen LogP contribution in [0.4, 0.5) is 0 Å². The number of nitrogens with zero attached hydrogens (tertiary/aromatic N) is 2. The van der Waals surface area contributed by atoms with Crippen LogP contribution >= 0.6 is 0 Å². The molecule has 2 heteroatoms. The molecule has 1 heterocycles. The van der Waals surface area contributed by atoms with Crippen LogP contribution in [-0.4, -0.2) is 9.78 Å². The summed E-state index contributed by atoms with van der Waals surface area (Å²) in [5.74, 6) is 0. The summed E-state index contributed by atoms with van der Waals surface area (Å²) in [5.41, 5.74) is 3.99. The van der Waals surface area contributed by atoms with Crippen LogP contribution < -0.4 is 0 Å². The minimum Gasteiger partial charge on any atom is -0.272 e. The lowest BCUT2D eigenvalue weighted by molar-refractivity contribution is 0.707. The van der Waals surface area contributed by atoms with E-state index in [9.17, 15) is 0 Å². The standard InChI is InChI=1S/C11H20N2/c1-5-6-7-8-11-9(2)12-13(4)10(11)3/h5-8H2,1-4H3. The lowest BCUT2D eigenvalue weighted by Gasteiger charge is -2.00. The number of aryl methyl sites for hydroxylation is 2. The van der Waals surface area contributed by atoms with Crippen molar-refractivity contribution in [1.29, 1.82) is 0 Å². The first-order chi connectivity index (χ1) is 6.16. The van der Waals surface area contributed by atoms with E-state index in [1.54, 1.807) is 0 Å². The van der Waals surface area contributed by atoms with Gasteiger partial charge in [0.1, 0.15) is 0 Å². The maximum absolute atomic E-state index is 4.41. The van der Waals surface area contributed by atoms with Crippen LogP contribution in [-0.2, 0) is 13.5 Å². The molecule has 0 spiro atoms. The summed E-state index contributed by atoms with van der Waals surface area (Å²) in [4.78, 5) is 0. The van der Waals surface area contributed by atoms with Crippen molar-refractivity contribution in [3.05, 3.63) is 17.0 Å². The Morgan fingerprint density at radius 1 is 1.23 bits per heavy atom. The van der Waals surface area contributed by atoms with Crippen LogP contribution in [0.3, 0.4) is 0 Å². The summed E-state index contributed by atoms with van der Waals surface area (Å²) in [6.07, 6.45) is 5.11. The van der Waals surface area contributed by atoms with Gasteiger partial charge in [0.15, 0.2) is 0 Å². The van der Waals surface area contributed by atoms with Crippen molar-refractivity contribution < 1.29 is 0 Å². The lowest BCUT2D eigenvalue weighted by atomic mass is 10.1. The van der Waals surface area contributed by atoms with Crippen molar-refractivity contribution in [1.82, 2.24) is 9.78 Å². The third kappa shape index (κ3) is 2.33. The van der Waals surface area contributed by atoms with Gasteiger partial charge in [-0.3, -0.25) is 4.68 Å². The first-order valence-electron chi connectivity index (χ1n) is 5.16. The van der Waals surface area contributed by atoms with Crippen LogP contribution in [0.15, 0.2) is 0 Å². The predicted octanol–water partition coefficient (Wildman–Crippen LogP) is 2.77. The Bertz CT molecular complexity index is 274. The highest BCUT2D eigenvalue weighted by Gasteiger charge is 2.07.